The highest BCUT2D eigenvalue weighted by Gasteiger charge is 2.19. The van der Waals surface area contributed by atoms with Crippen LogP contribution in [0.4, 0.5) is 10.5 Å². The third-order valence-electron chi connectivity index (χ3n) is 2.65. The van der Waals surface area contributed by atoms with Crippen LogP contribution in [-0.4, -0.2) is 28.4 Å². The van der Waals surface area contributed by atoms with E-state index >= 15 is 0 Å². The number of ketones is 1. The molecule has 7 heteroatoms. The summed E-state index contributed by atoms with van der Waals surface area (Å²) < 4.78 is 5.10. The number of ether oxygens (including phenoxy) is 1. The number of nitro benzene ring substituents is 1. The molecule has 0 saturated heterocycles. The molecule has 0 heterocycles. The van der Waals surface area contributed by atoms with Crippen molar-refractivity contribution in [3.8, 4) is 0 Å². The van der Waals surface area contributed by atoms with Gasteiger partial charge in [0, 0.05) is 30.2 Å². The van der Waals surface area contributed by atoms with E-state index in [1.54, 1.807) is 27.7 Å². The summed E-state index contributed by atoms with van der Waals surface area (Å²) in [5.74, 6) is -0.210. The van der Waals surface area contributed by atoms with Crippen molar-refractivity contribution in [2.24, 2.45) is 0 Å². The Bertz CT molecular complexity index is 560. The molecule has 0 aliphatic rings. The lowest BCUT2D eigenvalue weighted by atomic mass is 10.0. The topological polar surface area (TPSA) is 98.5 Å². The van der Waals surface area contributed by atoms with E-state index in [-0.39, 0.29) is 17.9 Å². The van der Waals surface area contributed by atoms with E-state index in [0.717, 1.165) is 0 Å². The van der Waals surface area contributed by atoms with Gasteiger partial charge in [-0.3, -0.25) is 14.9 Å². The highest BCUT2D eigenvalue weighted by Crippen LogP contribution is 2.14. The molecule has 22 heavy (non-hydrogen) atoms. The van der Waals surface area contributed by atoms with Crippen molar-refractivity contribution in [2.75, 3.05) is 0 Å². The number of hydrogen-bond acceptors (Lipinski definition) is 5. The molecule has 0 bridgehead atoms. The number of carbonyl (C=O) groups excluding carboxylic acids is 2. The minimum absolute atomic E-state index is 0.0727. The van der Waals surface area contributed by atoms with E-state index < -0.39 is 22.7 Å². The van der Waals surface area contributed by atoms with Crippen molar-refractivity contribution in [3.05, 3.63) is 39.9 Å². The van der Waals surface area contributed by atoms with Gasteiger partial charge in [0.25, 0.3) is 5.69 Å². The molecule has 1 aromatic carbocycles. The number of non-ortho nitro benzene ring substituents is 1. The Morgan fingerprint density at radius 2 is 1.82 bits per heavy atom. The highest BCUT2D eigenvalue weighted by molar-refractivity contribution is 5.96. The van der Waals surface area contributed by atoms with Crippen molar-refractivity contribution in [2.45, 2.75) is 45.8 Å². The standard InChI is InChI=1S/C15H20N2O5/c1-10(16-14(19)22-15(2,3)4)9-13(18)11-5-7-12(8-6-11)17(20)21/h5-8,10H,9H2,1-4H3,(H,16,19). The van der Waals surface area contributed by atoms with Crippen LogP contribution in [0.2, 0.25) is 0 Å². The number of carbonyl (C=O) groups is 2. The van der Waals surface area contributed by atoms with E-state index in [9.17, 15) is 19.7 Å². The maximum Gasteiger partial charge on any atom is 0.407 e. The van der Waals surface area contributed by atoms with Crippen LogP contribution in [0.25, 0.3) is 0 Å². The monoisotopic (exact) mass is 308 g/mol. The van der Waals surface area contributed by atoms with Crippen molar-refractivity contribution in [1.82, 2.24) is 5.32 Å². The smallest absolute Gasteiger partial charge is 0.407 e. The fourth-order valence-electron chi connectivity index (χ4n) is 1.72. The number of nitrogens with zero attached hydrogens (tertiary/aromatic N) is 1. The van der Waals surface area contributed by atoms with E-state index in [2.05, 4.69) is 5.32 Å². The quantitative estimate of drug-likeness (QED) is 0.512. The Labute approximate surface area is 128 Å². The van der Waals surface area contributed by atoms with Crippen LogP contribution in [0.5, 0.6) is 0 Å². The summed E-state index contributed by atoms with van der Waals surface area (Å²) in [6.07, 6.45) is -0.506. The van der Waals surface area contributed by atoms with Gasteiger partial charge in [-0.1, -0.05) is 0 Å². The number of benzene rings is 1. The lowest BCUT2D eigenvalue weighted by Gasteiger charge is -2.21. The van der Waals surface area contributed by atoms with E-state index in [1.807, 2.05) is 0 Å². The van der Waals surface area contributed by atoms with E-state index in [1.165, 1.54) is 24.3 Å². The molecule has 1 amide bonds. The third-order valence-corrected chi connectivity index (χ3v) is 2.65. The predicted octanol–water partition coefficient (Wildman–Crippen LogP) is 3.08. The average molecular weight is 308 g/mol. The maximum absolute atomic E-state index is 12.0. The molecular formula is C15H20N2O5. The molecule has 120 valence electrons. The Balaban J connectivity index is 2.57. The van der Waals surface area contributed by atoms with Crippen molar-refractivity contribution < 1.29 is 19.2 Å². The summed E-state index contributed by atoms with van der Waals surface area (Å²) in [5.41, 5.74) is -0.313. The Morgan fingerprint density at radius 1 is 1.27 bits per heavy atom. The first-order chi connectivity index (χ1) is 10.1. The molecule has 1 aromatic rings. The molecule has 0 saturated carbocycles. The molecule has 7 nitrogen and oxygen atoms in total. The molecule has 0 fully saturated rings. The number of rotatable bonds is 5. The minimum Gasteiger partial charge on any atom is -0.444 e. The van der Waals surface area contributed by atoms with Gasteiger partial charge in [-0.2, -0.15) is 0 Å². The summed E-state index contributed by atoms with van der Waals surface area (Å²) in [5, 5.41) is 13.1. The summed E-state index contributed by atoms with van der Waals surface area (Å²) in [6.45, 7) is 6.94. The number of alkyl carbamates (subject to hydrolysis) is 1. The normalized spacial score (nSPS) is 12.4. The fourth-order valence-corrected chi connectivity index (χ4v) is 1.72. The minimum atomic E-state index is -0.605. The van der Waals surface area contributed by atoms with Gasteiger partial charge in [-0.15, -0.1) is 0 Å². The molecular weight excluding hydrogens is 288 g/mol. The molecule has 0 aliphatic heterocycles. The molecule has 1 N–H and O–H groups in total. The van der Waals surface area contributed by atoms with Gasteiger partial charge < -0.3 is 10.1 Å². The molecule has 0 aromatic heterocycles. The van der Waals surface area contributed by atoms with Crippen LogP contribution < -0.4 is 5.32 Å². The van der Waals surface area contributed by atoms with Crippen LogP contribution in [-0.2, 0) is 4.74 Å². The largest absolute Gasteiger partial charge is 0.444 e. The number of amides is 1. The van der Waals surface area contributed by atoms with Gasteiger partial charge in [0.15, 0.2) is 5.78 Å². The predicted molar refractivity (Wildman–Crippen MR) is 80.9 cm³/mol. The van der Waals surface area contributed by atoms with E-state index in [0.29, 0.717) is 5.56 Å². The van der Waals surface area contributed by atoms with E-state index in [4.69, 9.17) is 4.74 Å². The highest BCUT2D eigenvalue weighted by atomic mass is 16.6. The van der Waals surface area contributed by atoms with Gasteiger partial charge in [0.2, 0.25) is 0 Å². The lowest BCUT2D eigenvalue weighted by molar-refractivity contribution is -0.384. The maximum atomic E-state index is 12.0. The molecule has 0 radical (unpaired) electrons. The summed E-state index contributed by atoms with van der Waals surface area (Å²) in [6, 6.07) is 4.96. The fraction of sp³-hybridized carbons (Fsp3) is 0.467. The number of Topliss-reactive ketones (excluding diaryl/α,β-unsaturated/α-hetero) is 1. The molecule has 0 spiro atoms. The molecule has 1 rings (SSSR count). The first-order valence-corrected chi connectivity index (χ1v) is 6.85. The van der Waals surface area contributed by atoms with Crippen molar-refractivity contribution in [1.29, 1.82) is 0 Å². The average Bonchev–Trinajstić information content (AvgIpc) is 2.35. The first kappa shape index (κ1) is 17.6. The second kappa shape index (κ2) is 7.02. The van der Waals surface area contributed by atoms with Gasteiger partial charge in [0.05, 0.1) is 4.92 Å². The van der Waals surface area contributed by atoms with Gasteiger partial charge in [-0.25, -0.2) is 4.79 Å². The van der Waals surface area contributed by atoms with Crippen molar-refractivity contribution in [3.63, 3.8) is 0 Å². The zero-order valence-corrected chi connectivity index (χ0v) is 13.1. The number of nitrogens with one attached hydrogen (secondary N) is 1. The number of nitro groups is 1. The molecule has 1 atom stereocenters. The first-order valence-electron chi connectivity index (χ1n) is 6.85. The Kier molecular flexibility index (Phi) is 5.62. The second-order valence-electron chi connectivity index (χ2n) is 5.98. The Morgan fingerprint density at radius 3 is 2.27 bits per heavy atom. The van der Waals surface area contributed by atoms with Crippen LogP contribution in [0.1, 0.15) is 44.5 Å². The summed E-state index contributed by atoms with van der Waals surface area (Å²) >= 11 is 0. The number of hydrogen-bond donors (Lipinski definition) is 1. The second-order valence-corrected chi connectivity index (χ2v) is 5.98. The Hall–Kier alpha value is -2.44. The SMILES string of the molecule is CC(CC(=O)c1ccc([N+](=O)[O-])cc1)NC(=O)OC(C)(C)C. The molecule has 1 unspecified atom stereocenters. The van der Waals surface area contributed by atoms with Crippen LogP contribution in [0.3, 0.4) is 0 Å². The van der Waals surface area contributed by atoms with Crippen molar-refractivity contribution >= 4 is 17.6 Å². The van der Waals surface area contributed by atoms with Gasteiger partial charge in [-0.05, 0) is 39.8 Å². The summed E-state index contributed by atoms with van der Waals surface area (Å²) in [7, 11) is 0. The van der Waals surface area contributed by atoms with Crippen LogP contribution in [0, 0.1) is 10.1 Å². The zero-order chi connectivity index (χ0) is 16.9. The van der Waals surface area contributed by atoms with Crippen LogP contribution in [0.15, 0.2) is 24.3 Å². The van der Waals surface area contributed by atoms with Crippen LogP contribution >= 0.6 is 0 Å². The molecule has 0 aliphatic carbocycles. The zero-order valence-electron chi connectivity index (χ0n) is 13.1. The lowest BCUT2D eigenvalue weighted by Crippen LogP contribution is -2.38. The summed E-state index contributed by atoms with van der Waals surface area (Å²) in [4.78, 5) is 33.7. The third kappa shape index (κ3) is 5.90. The van der Waals surface area contributed by atoms with Gasteiger partial charge in [0.1, 0.15) is 5.60 Å². The van der Waals surface area contributed by atoms with Gasteiger partial charge >= 0.3 is 6.09 Å².